The summed E-state index contributed by atoms with van der Waals surface area (Å²) in [5, 5.41) is 8.80. The van der Waals surface area contributed by atoms with Gasteiger partial charge in [0.05, 0.1) is 5.56 Å². The Balaban J connectivity index is 3.15. The van der Waals surface area contributed by atoms with Crippen LogP contribution in [0.2, 0.25) is 0 Å². The molecule has 1 rings (SSSR count). The maximum absolute atomic E-state index is 12.8. The number of alkyl halides is 3. The summed E-state index contributed by atoms with van der Waals surface area (Å²) in [5.74, 6) is -0.0191. The van der Waals surface area contributed by atoms with Gasteiger partial charge in [-0.05, 0) is 25.0 Å². The SMILES string of the molecule is CCCCC(CC)c1cc(C(F)(F)F)cc(C#N)n1. The zero-order valence-electron chi connectivity index (χ0n) is 11.1. The van der Waals surface area contributed by atoms with Gasteiger partial charge < -0.3 is 0 Å². The lowest BCUT2D eigenvalue weighted by atomic mass is 9.94. The van der Waals surface area contributed by atoms with E-state index in [1.54, 1.807) is 6.07 Å². The zero-order chi connectivity index (χ0) is 14.5. The molecule has 19 heavy (non-hydrogen) atoms. The van der Waals surface area contributed by atoms with Crippen molar-refractivity contribution in [1.82, 2.24) is 4.98 Å². The van der Waals surface area contributed by atoms with Gasteiger partial charge in [-0.25, -0.2) is 4.98 Å². The van der Waals surface area contributed by atoms with Crippen molar-refractivity contribution in [2.24, 2.45) is 0 Å². The van der Waals surface area contributed by atoms with E-state index >= 15 is 0 Å². The third kappa shape index (κ3) is 4.23. The summed E-state index contributed by atoms with van der Waals surface area (Å²) >= 11 is 0. The largest absolute Gasteiger partial charge is 0.416 e. The van der Waals surface area contributed by atoms with Crippen molar-refractivity contribution in [2.45, 2.75) is 51.6 Å². The summed E-state index contributed by atoms with van der Waals surface area (Å²) in [5.41, 5.74) is -0.578. The van der Waals surface area contributed by atoms with Crippen LogP contribution < -0.4 is 0 Å². The van der Waals surface area contributed by atoms with Crippen LogP contribution in [0.25, 0.3) is 0 Å². The van der Waals surface area contributed by atoms with Crippen molar-refractivity contribution in [1.29, 1.82) is 5.26 Å². The smallest absolute Gasteiger partial charge is 0.242 e. The predicted molar refractivity (Wildman–Crippen MR) is 66.5 cm³/mol. The molecule has 1 unspecified atom stereocenters. The fourth-order valence-electron chi connectivity index (χ4n) is 1.99. The highest BCUT2D eigenvalue weighted by Gasteiger charge is 2.32. The van der Waals surface area contributed by atoms with E-state index in [1.165, 1.54) is 0 Å². The van der Waals surface area contributed by atoms with Gasteiger partial charge in [-0.2, -0.15) is 18.4 Å². The molecular weight excluding hydrogens is 253 g/mol. The van der Waals surface area contributed by atoms with Gasteiger partial charge >= 0.3 is 6.18 Å². The third-order valence-electron chi connectivity index (χ3n) is 3.10. The summed E-state index contributed by atoms with van der Waals surface area (Å²) in [6, 6.07) is 3.58. The van der Waals surface area contributed by atoms with Crippen LogP contribution in [0.1, 0.15) is 62.4 Å². The van der Waals surface area contributed by atoms with E-state index in [2.05, 4.69) is 4.98 Å². The molecule has 0 saturated carbocycles. The fourth-order valence-corrected chi connectivity index (χ4v) is 1.99. The number of aromatic nitrogens is 1. The van der Waals surface area contributed by atoms with Gasteiger partial charge in [-0.15, -0.1) is 0 Å². The van der Waals surface area contributed by atoms with E-state index in [1.807, 2.05) is 13.8 Å². The van der Waals surface area contributed by atoms with Crippen LogP contribution in [-0.4, -0.2) is 4.98 Å². The van der Waals surface area contributed by atoms with Crippen LogP contribution in [-0.2, 0) is 6.18 Å². The molecule has 0 bridgehead atoms. The molecule has 0 N–H and O–H groups in total. The number of halogens is 3. The number of rotatable bonds is 5. The van der Waals surface area contributed by atoms with Crippen molar-refractivity contribution in [3.63, 3.8) is 0 Å². The minimum atomic E-state index is -4.44. The Morgan fingerprint density at radius 2 is 2.00 bits per heavy atom. The predicted octanol–water partition coefficient (Wildman–Crippen LogP) is 4.66. The molecule has 0 aliphatic rings. The molecule has 0 aromatic carbocycles. The molecule has 104 valence electrons. The van der Waals surface area contributed by atoms with Gasteiger partial charge in [-0.1, -0.05) is 26.7 Å². The highest BCUT2D eigenvalue weighted by molar-refractivity contribution is 5.32. The van der Waals surface area contributed by atoms with E-state index in [9.17, 15) is 13.2 Å². The number of hydrogen-bond acceptors (Lipinski definition) is 2. The molecule has 0 fully saturated rings. The quantitative estimate of drug-likeness (QED) is 0.780. The summed E-state index contributed by atoms with van der Waals surface area (Å²) in [7, 11) is 0. The summed E-state index contributed by atoms with van der Waals surface area (Å²) in [6.07, 6.45) is -0.990. The molecule has 1 aromatic heterocycles. The first-order valence-corrected chi connectivity index (χ1v) is 6.41. The second-order valence-electron chi connectivity index (χ2n) is 4.52. The minimum absolute atomic E-state index is 0.0191. The van der Waals surface area contributed by atoms with E-state index in [4.69, 9.17) is 5.26 Å². The normalized spacial score (nSPS) is 13.1. The second-order valence-corrected chi connectivity index (χ2v) is 4.52. The zero-order valence-corrected chi connectivity index (χ0v) is 11.1. The number of hydrogen-bond donors (Lipinski definition) is 0. The van der Waals surface area contributed by atoms with E-state index in [0.29, 0.717) is 5.69 Å². The van der Waals surface area contributed by atoms with Crippen LogP contribution in [0.3, 0.4) is 0 Å². The Morgan fingerprint density at radius 3 is 2.47 bits per heavy atom. The molecular formula is C14H17F3N2. The van der Waals surface area contributed by atoms with Crippen molar-refractivity contribution in [3.8, 4) is 6.07 Å². The average molecular weight is 270 g/mol. The highest BCUT2D eigenvalue weighted by atomic mass is 19.4. The van der Waals surface area contributed by atoms with Gasteiger partial charge in [0.15, 0.2) is 0 Å². The Labute approximate surface area is 111 Å². The van der Waals surface area contributed by atoms with Crippen LogP contribution in [0, 0.1) is 11.3 Å². The van der Waals surface area contributed by atoms with Crippen molar-refractivity contribution in [2.75, 3.05) is 0 Å². The molecule has 0 aliphatic carbocycles. The van der Waals surface area contributed by atoms with Gasteiger partial charge in [-0.3, -0.25) is 0 Å². The van der Waals surface area contributed by atoms with E-state index in [-0.39, 0.29) is 11.6 Å². The summed E-state index contributed by atoms with van der Waals surface area (Å²) in [4.78, 5) is 4.03. The Morgan fingerprint density at radius 1 is 1.32 bits per heavy atom. The molecule has 2 nitrogen and oxygen atoms in total. The molecule has 1 aromatic rings. The van der Waals surface area contributed by atoms with Crippen molar-refractivity contribution in [3.05, 3.63) is 29.1 Å². The first kappa shape index (κ1) is 15.5. The monoisotopic (exact) mass is 270 g/mol. The van der Waals surface area contributed by atoms with Crippen LogP contribution >= 0.6 is 0 Å². The first-order chi connectivity index (χ1) is 8.92. The molecule has 5 heteroatoms. The Hall–Kier alpha value is -1.57. The lowest BCUT2D eigenvalue weighted by molar-refractivity contribution is -0.137. The van der Waals surface area contributed by atoms with Gasteiger partial charge in [0, 0.05) is 11.6 Å². The number of pyridine rings is 1. The fraction of sp³-hybridized carbons (Fsp3) is 0.571. The lowest BCUT2D eigenvalue weighted by Crippen LogP contribution is -2.10. The van der Waals surface area contributed by atoms with Gasteiger partial charge in [0.25, 0.3) is 0 Å². The topological polar surface area (TPSA) is 36.7 Å². The minimum Gasteiger partial charge on any atom is -0.242 e. The molecule has 0 saturated heterocycles. The maximum Gasteiger partial charge on any atom is 0.416 e. The molecule has 1 heterocycles. The molecule has 0 spiro atoms. The molecule has 0 radical (unpaired) electrons. The number of unbranched alkanes of at least 4 members (excludes halogenated alkanes) is 1. The van der Waals surface area contributed by atoms with Crippen molar-refractivity contribution >= 4 is 0 Å². The second kappa shape index (κ2) is 6.55. The third-order valence-corrected chi connectivity index (χ3v) is 3.10. The first-order valence-electron chi connectivity index (χ1n) is 6.41. The van der Waals surface area contributed by atoms with Crippen LogP contribution in [0.5, 0.6) is 0 Å². The van der Waals surface area contributed by atoms with E-state index < -0.39 is 11.7 Å². The number of nitrogens with zero attached hydrogens (tertiary/aromatic N) is 2. The standard InChI is InChI=1S/C14H17F3N2/c1-3-5-6-10(4-2)13-8-11(14(15,16)17)7-12(9-18)19-13/h7-8,10H,3-6H2,1-2H3. The van der Waals surface area contributed by atoms with Gasteiger partial charge in [0.2, 0.25) is 0 Å². The van der Waals surface area contributed by atoms with Crippen molar-refractivity contribution < 1.29 is 13.2 Å². The summed E-state index contributed by atoms with van der Waals surface area (Å²) < 4.78 is 38.3. The van der Waals surface area contributed by atoms with Crippen LogP contribution in [0.4, 0.5) is 13.2 Å². The number of nitriles is 1. The van der Waals surface area contributed by atoms with Gasteiger partial charge in [0.1, 0.15) is 11.8 Å². The average Bonchev–Trinajstić information content (AvgIpc) is 2.38. The molecule has 0 aliphatic heterocycles. The highest BCUT2D eigenvalue weighted by Crippen LogP contribution is 2.33. The summed E-state index contributed by atoms with van der Waals surface area (Å²) in [6.45, 7) is 3.96. The van der Waals surface area contributed by atoms with Crippen LogP contribution in [0.15, 0.2) is 12.1 Å². The molecule has 1 atom stereocenters. The lowest BCUT2D eigenvalue weighted by Gasteiger charge is -2.16. The van der Waals surface area contributed by atoms with E-state index in [0.717, 1.165) is 37.8 Å². The Kier molecular flexibility index (Phi) is 5.34. The Bertz CT molecular complexity index is 461. The maximum atomic E-state index is 12.8. The molecule has 0 amide bonds.